The Balaban J connectivity index is 1.04. The molecular weight excluding hydrogens is 949 g/mol. The summed E-state index contributed by atoms with van der Waals surface area (Å²) in [6, 6.07) is 10.4. The highest BCUT2D eigenvalue weighted by Crippen LogP contribution is 2.41. The third-order valence-electron chi connectivity index (χ3n) is 13.6. The number of hydrogen-bond donors (Lipinski definition) is 0. The fourth-order valence-corrected chi connectivity index (χ4v) is 9.53. The molecule has 2 atom stereocenters. The molecule has 73 heavy (non-hydrogen) atoms. The highest BCUT2D eigenvalue weighted by molar-refractivity contribution is 7.99. The highest BCUT2D eigenvalue weighted by Gasteiger charge is 2.36. The first-order valence-electron chi connectivity index (χ1n) is 25.3. The van der Waals surface area contributed by atoms with Crippen LogP contribution in [-0.4, -0.2) is 198 Å². The highest BCUT2D eigenvalue weighted by atomic mass is 32.2. The molecule has 17 nitrogen and oxygen atoms in total. The number of allylic oxidation sites excluding steroid dienone is 2. The summed E-state index contributed by atoms with van der Waals surface area (Å²) in [5, 5.41) is 0. The molecule has 18 heteroatoms. The molecule has 1 aromatic heterocycles. The molecule has 5 heterocycles. The van der Waals surface area contributed by atoms with E-state index in [0.717, 1.165) is 45.6 Å². The molecule has 2 amide bonds. The summed E-state index contributed by atoms with van der Waals surface area (Å²) >= 11 is 1.87. The van der Waals surface area contributed by atoms with Crippen molar-refractivity contribution in [1.82, 2.24) is 29.5 Å². The average molecular weight is 1030 g/mol. The van der Waals surface area contributed by atoms with Crippen molar-refractivity contribution >= 4 is 47.4 Å². The molecular formula is C55H76N8O9S. The van der Waals surface area contributed by atoms with Gasteiger partial charge in [0.1, 0.15) is 25.6 Å². The van der Waals surface area contributed by atoms with Crippen molar-refractivity contribution in [2.75, 3.05) is 127 Å². The second-order valence-corrected chi connectivity index (χ2v) is 21.2. The number of ether oxygens (including phenoxy) is 7. The van der Waals surface area contributed by atoms with Gasteiger partial charge in [0.25, 0.3) is 11.8 Å². The van der Waals surface area contributed by atoms with Crippen LogP contribution in [0, 0.1) is 0 Å². The quantitative estimate of drug-likeness (QED) is 0.0552. The second-order valence-electron chi connectivity index (χ2n) is 19.7. The number of carbonyl (C=O) groups excluding carboxylic acids is 2. The number of pyridine rings is 1. The number of carbonyl (C=O) groups is 2. The van der Waals surface area contributed by atoms with Gasteiger partial charge in [-0.2, -0.15) is 11.8 Å². The molecule has 2 aromatic carbocycles. The van der Waals surface area contributed by atoms with Crippen molar-refractivity contribution in [3.63, 3.8) is 0 Å². The van der Waals surface area contributed by atoms with E-state index in [4.69, 9.17) is 48.1 Å². The van der Waals surface area contributed by atoms with Gasteiger partial charge in [-0.3, -0.25) is 29.5 Å². The number of methoxy groups -OCH3 is 2. The van der Waals surface area contributed by atoms with Crippen LogP contribution >= 0.6 is 11.8 Å². The van der Waals surface area contributed by atoms with E-state index < -0.39 is 0 Å². The summed E-state index contributed by atoms with van der Waals surface area (Å²) in [7, 11) is 9.38. The number of aliphatic imine (C=N–C) groups is 2. The molecule has 3 aromatic rings. The first-order chi connectivity index (χ1) is 35.2. The molecule has 2 fully saturated rings. The normalized spacial score (nSPS) is 18.4. The van der Waals surface area contributed by atoms with E-state index in [1.807, 2.05) is 60.0 Å². The minimum absolute atomic E-state index is 0.0465. The molecule has 4 aliphatic rings. The van der Waals surface area contributed by atoms with Gasteiger partial charge in [-0.1, -0.05) is 23.3 Å². The standard InChI is InChI=1S/C55H76N8O9S/c1-11-38-23-42-31-56-47-29-51(49(66-8)27-45(47)53(64)62(42)33-38)71-35-40-25-44(70-20-17-61(14-13-59(5)6)16-19-69-22-21-68-18-15-60(7)37-55(3,4)73-10)26-41(58-40)36-72-52-30-48-46(28-50(52)67-9)54(65)63-34-39(12-2)24-43(63)32-57-48/h11-12,25-32,42-43H,13-24,33-37H2,1-10H3/b38-11+,39-12+/t42-,43-/m0/s1. The van der Waals surface area contributed by atoms with Crippen LogP contribution in [0.25, 0.3) is 0 Å². The van der Waals surface area contributed by atoms with Crippen molar-refractivity contribution in [2.45, 2.75) is 70.6 Å². The number of likely N-dealkylation sites (N-methyl/N-ethyl adjacent to an activating group) is 2. The molecule has 396 valence electrons. The minimum atomic E-state index is -0.108. The van der Waals surface area contributed by atoms with Crippen molar-refractivity contribution in [3.8, 4) is 28.7 Å². The largest absolute Gasteiger partial charge is 0.493 e. The number of nitrogens with zero attached hydrogens (tertiary/aromatic N) is 8. The van der Waals surface area contributed by atoms with Crippen molar-refractivity contribution in [2.24, 2.45) is 9.98 Å². The van der Waals surface area contributed by atoms with Crippen LogP contribution in [0.4, 0.5) is 11.4 Å². The Morgan fingerprint density at radius 3 is 1.64 bits per heavy atom. The molecule has 0 unspecified atom stereocenters. The number of fused-ring (bicyclic) bond motifs is 4. The van der Waals surface area contributed by atoms with Crippen LogP contribution in [0.3, 0.4) is 0 Å². The topological polar surface area (TPSA) is 153 Å². The Morgan fingerprint density at radius 1 is 0.658 bits per heavy atom. The lowest BCUT2D eigenvalue weighted by Crippen LogP contribution is -2.37. The number of benzene rings is 2. The van der Waals surface area contributed by atoms with Gasteiger partial charge in [-0.25, -0.2) is 0 Å². The van der Waals surface area contributed by atoms with E-state index in [2.05, 4.69) is 68.1 Å². The Kier molecular flexibility index (Phi) is 19.8. The van der Waals surface area contributed by atoms with Crippen molar-refractivity contribution in [3.05, 3.63) is 82.2 Å². The van der Waals surface area contributed by atoms with E-state index in [1.165, 1.54) is 11.1 Å². The van der Waals surface area contributed by atoms with Gasteiger partial charge in [0, 0.05) is 93.8 Å². The Bertz CT molecular complexity index is 2380. The molecule has 2 saturated heterocycles. The lowest BCUT2D eigenvalue weighted by Gasteiger charge is -2.28. The van der Waals surface area contributed by atoms with Gasteiger partial charge in [-0.15, -0.1) is 0 Å². The van der Waals surface area contributed by atoms with Crippen LogP contribution in [0.5, 0.6) is 28.7 Å². The van der Waals surface area contributed by atoms with Gasteiger partial charge < -0.3 is 52.8 Å². The van der Waals surface area contributed by atoms with Crippen LogP contribution < -0.4 is 23.7 Å². The number of rotatable bonds is 27. The maximum Gasteiger partial charge on any atom is 0.257 e. The van der Waals surface area contributed by atoms with Gasteiger partial charge in [0.15, 0.2) is 23.0 Å². The van der Waals surface area contributed by atoms with E-state index in [-0.39, 0.29) is 41.9 Å². The predicted octanol–water partition coefficient (Wildman–Crippen LogP) is 7.36. The van der Waals surface area contributed by atoms with Gasteiger partial charge in [0.2, 0.25) is 0 Å². The molecule has 0 aliphatic carbocycles. The lowest BCUT2D eigenvalue weighted by molar-refractivity contribution is 0.0310. The molecule has 0 saturated carbocycles. The third kappa shape index (κ3) is 14.8. The van der Waals surface area contributed by atoms with Crippen LogP contribution in [-0.2, 0) is 22.7 Å². The fourth-order valence-electron chi connectivity index (χ4n) is 9.18. The number of thioether (sulfide) groups is 1. The van der Waals surface area contributed by atoms with E-state index >= 15 is 0 Å². The lowest BCUT2D eigenvalue weighted by atomic mass is 10.1. The summed E-state index contributed by atoms with van der Waals surface area (Å²) in [4.78, 5) is 52.5. The maximum absolute atomic E-state index is 13.8. The first-order valence-corrected chi connectivity index (χ1v) is 26.5. The van der Waals surface area contributed by atoms with E-state index in [0.29, 0.717) is 115 Å². The number of aromatic nitrogens is 1. The van der Waals surface area contributed by atoms with E-state index in [1.54, 1.807) is 38.5 Å². The summed E-state index contributed by atoms with van der Waals surface area (Å²) in [5.74, 6) is 2.05. The smallest absolute Gasteiger partial charge is 0.257 e. The van der Waals surface area contributed by atoms with Crippen molar-refractivity contribution < 1.29 is 42.7 Å². The molecule has 7 rings (SSSR count). The number of amides is 2. The second kappa shape index (κ2) is 26.1. The monoisotopic (exact) mass is 1020 g/mol. The zero-order valence-corrected chi connectivity index (χ0v) is 45.4. The van der Waals surface area contributed by atoms with Gasteiger partial charge in [-0.05, 0) is 80.1 Å². The molecule has 0 radical (unpaired) electrons. The average Bonchev–Trinajstić information content (AvgIpc) is 3.95. The third-order valence-corrected chi connectivity index (χ3v) is 14.8. The SMILES string of the molecule is C/C=C1\C[C@H]2C=Nc3cc(OCc4cc(OCCN(CCOCCOCCN(C)CC(C)(C)SC)CCN(C)C)cc(COc5cc6c(cc5OC)C(=O)N5C/C(=C/C)C[C@H]5C=N6)n4)c(OC)cc3C(=O)N2C1. The van der Waals surface area contributed by atoms with Crippen LogP contribution in [0.2, 0.25) is 0 Å². The number of hydrogen-bond acceptors (Lipinski definition) is 16. The molecule has 0 bridgehead atoms. The van der Waals surface area contributed by atoms with Crippen molar-refractivity contribution in [1.29, 1.82) is 0 Å². The van der Waals surface area contributed by atoms with Crippen LogP contribution in [0.15, 0.2) is 69.7 Å². The summed E-state index contributed by atoms with van der Waals surface area (Å²) in [6.45, 7) is 17.5. The summed E-state index contributed by atoms with van der Waals surface area (Å²) in [6.07, 6.45) is 11.5. The maximum atomic E-state index is 13.8. The van der Waals surface area contributed by atoms with E-state index in [9.17, 15) is 9.59 Å². The Morgan fingerprint density at radius 2 is 1.16 bits per heavy atom. The molecule has 0 spiro atoms. The fraction of sp³-hybridized carbons (Fsp3) is 0.545. The summed E-state index contributed by atoms with van der Waals surface area (Å²) < 4.78 is 43.0. The van der Waals surface area contributed by atoms with Gasteiger partial charge in [0.05, 0.1) is 86.6 Å². The zero-order chi connectivity index (χ0) is 52.1. The minimum Gasteiger partial charge on any atom is -0.493 e. The molecule has 0 N–H and O–H groups in total. The Hall–Kier alpha value is -5.50. The predicted molar refractivity (Wildman–Crippen MR) is 289 cm³/mol. The van der Waals surface area contributed by atoms with Gasteiger partial charge >= 0.3 is 0 Å². The zero-order valence-electron chi connectivity index (χ0n) is 44.6. The molecule has 4 aliphatic heterocycles. The Labute approximate surface area is 436 Å². The van der Waals surface area contributed by atoms with Crippen LogP contribution in [0.1, 0.15) is 72.6 Å². The first kappa shape index (κ1) is 55.3. The summed E-state index contributed by atoms with van der Waals surface area (Å²) in [5.41, 5.74) is 5.52.